The van der Waals surface area contributed by atoms with Gasteiger partial charge in [0.1, 0.15) is 5.76 Å². The summed E-state index contributed by atoms with van der Waals surface area (Å²) in [6.45, 7) is 1.62. The average Bonchev–Trinajstić information content (AvgIpc) is 3.28. The second-order valence-electron chi connectivity index (χ2n) is 5.72. The molecule has 124 valence electrons. The smallest absolute Gasteiger partial charge is 0.322 e. The fraction of sp³-hybridized carbons (Fsp3) is 0.333. The number of carbonyl (C=O) groups is 1. The van der Waals surface area contributed by atoms with Crippen molar-refractivity contribution < 1.29 is 13.9 Å². The molecule has 1 fully saturated rings. The Morgan fingerprint density at radius 2 is 2.29 bits per heavy atom. The van der Waals surface area contributed by atoms with Gasteiger partial charge < -0.3 is 19.4 Å². The van der Waals surface area contributed by atoms with Gasteiger partial charge in [0.2, 0.25) is 0 Å². The molecular weight excluding hydrogens is 306 g/mol. The average molecular weight is 325 g/mol. The number of carbonyl (C=O) groups excluding carboxylic acids is 1. The predicted molar refractivity (Wildman–Crippen MR) is 88.3 cm³/mol. The van der Waals surface area contributed by atoms with Crippen molar-refractivity contribution in [3.8, 4) is 6.07 Å². The van der Waals surface area contributed by atoms with Crippen LogP contribution in [0.2, 0.25) is 0 Å². The number of benzene rings is 1. The van der Waals surface area contributed by atoms with Crippen molar-refractivity contribution in [2.45, 2.75) is 25.5 Å². The van der Waals surface area contributed by atoms with Crippen LogP contribution in [0.25, 0.3) is 0 Å². The van der Waals surface area contributed by atoms with Crippen molar-refractivity contribution in [1.29, 1.82) is 5.26 Å². The molecular formula is C18H19N3O3. The maximum absolute atomic E-state index is 12.7. The van der Waals surface area contributed by atoms with E-state index in [2.05, 4.69) is 11.4 Å². The van der Waals surface area contributed by atoms with Gasteiger partial charge in [0, 0.05) is 18.8 Å². The van der Waals surface area contributed by atoms with E-state index in [9.17, 15) is 4.79 Å². The number of nitrogens with zero attached hydrogens (tertiary/aromatic N) is 2. The lowest BCUT2D eigenvalue weighted by Gasteiger charge is -2.25. The Balaban J connectivity index is 1.70. The van der Waals surface area contributed by atoms with Crippen LogP contribution in [0.5, 0.6) is 0 Å². The van der Waals surface area contributed by atoms with Gasteiger partial charge in [-0.3, -0.25) is 0 Å². The van der Waals surface area contributed by atoms with Gasteiger partial charge in [0.25, 0.3) is 0 Å². The number of rotatable bonds is 5. The van der Waals surface area contributed by atoms with Crippen molar-refractivity contribution in [3.05, 3.63) is 54.0 Å². The highest BCUT2D eigenvalue weighted by Gasteiger charge is 2.23. The largest absolute Gasteiger partial charge is 0.467 e. The van der Waals surface area contributed by atoms with Gasteiger partial charge >= 0.3 is 6.03 Å². The molecule has 0 bridgehead atoms. The fourth-order valence-electron chi connectivity index (χ4n) is 2.71. The Morgan fingerprint density at radius 3 is 3.00 bits per heavy atom. The minimum atomic E-state index is -0.239. The predicted octanol–water partition coefficient (Wildman–Crippen LogP) is 3.36. The maximum atomic E-state index is 12.7. The minimum absolute atomic E-state index is 0.0520. The second-order valence-corrected chi connectivity index (χ2v) is 5.72. The standard InChI is InChI=1S/C18H19N3O3/c19-11-14-4-1-5-15(10-14)20-18(22)21(12-16-6-2-8-23-16)13-17-7-3-9-24-17/h1-2,4-6,8,10,17H,3,7,9,12-13H2,(H,20,22). The third kappa shape index (κ3) is 4.15. The Labute approximate surface area is 140 Å². The first-order valence-electron chi connectivity index (χ1n) is 7.94. The van der Waals surface area contributed by atoms with Crippen LogP contribution >= 0.6 is 0 Å². The number of furan rings is 1. The molecule has 1 aliphatic heterocycles. The van der Waals surface area contributed by atoms with Crippen LogP contribution in [0.15, 0.2) is 47.1 Å². The summed E-state index contributed by atoms with van der Waals surface area (Å²) in [6.07, 6.45) is 3.61. The molecule has 0 saturated carbocycles. The SMILES string of the molecule is N#Cc1cccc(NC(=O)N(Cc2ccco2)CC2CCCO2)c1. The van der Waals surface area contributed by atoms with Crippen LogP contribution in [-0.2, 0) is 11.3 Å². The topological polar surface area (TPSA) is 78.5 Å². The lowest BCUT2D eigenvalue weighted by Crippen LogP contribution is -2.39. The van der Waals surface area contributed by atoms with Crippen molar-refractivity contribution >= 4 is 11.7 Å². The lowest BCUT2D eigenvalue weighted by atomic mass is 10.2. The van der Waals surface area contributed by atoms with E-state index in [1.807, 2.05) is 6.07 Å². The van der Waals surface area contributed by atoms with Crippen molar-refractivity contribution in [1.82, 2.24) is 4.90 Å². The van der Waals surface area contributed by atoms with E-state index in [4.69, 9.17) is 14.4 Å². The number of amides is 2. The Bertz CT molecular complexity index is 715. The maximum Gasteiger partial charge on any atom is 0.322 e. The molecule has 0 spiro atoms. The Hall–Kier alpha value is -2.78. The van der Waals surface area contributed by atoms with Crippen LogP contribution in [0.3, 0.4) is 0 Å². The summed E-state index contributed by atoms with van der Waals surface area (Å²) in [5.41, 5.74) is 1.10. The van der Waals surface area contributed by atoms with Crippen LogP contribution in [0.1, 0.15) is 24.2 Å². The Kier molecular flexibility index (Phi) is 5.14. The first kappa shape index (κ1) is 16.1. The number of nitrogens with one attached hydrogen (secondary N) is 1. The summed E-state index contributed by atoms with van der Waals surface area (Å²) in [5.74, 6) is 0.717. The molecule has 1 aliphatic rings. The highest BCUT2D eigenvalue weighted by molar-refractivity contribution is 5.89. The number of hydrogen-bond acceptors (Lipinski definition) is 4. The monoisotopic (exact) mass is 325 g/mol. The quantitative estimate of drug-likeness (QED) is 0.914. The summed E-state index contributed by atoms with van der Waals surface area (Å²) in [4.78, 5) is 14.3. The number of anilines is 1. The molecule has 1 saturated heterocycles. The molecule has 1 atom stereocenters. The molecule has 3 rings (SSSR count). The number of urea groups is 1. The van der Waals surface area contributed by atoms with Gasteiger partial charge in [-0.25, -0.2) is 4.79 Å². The molecule has 2 heterocycles. The van der Waals surface area contributed by atoms with Gasteiger partial charge in [0.15, 0.2) is 0 Å². The normalized spacial score (nSPS) is 16.5. The zero-order valence-electron chi connectivity index (χ0n) is 13.3. The third-order valence-corrected chi connectivity index (χ3v) is 3.90. The number of ether oxygens (including phenoxy) is 1. The highest BCUT2D eigenvalue weighted by atomic mass is 16.5. The zero-order valence-corrected chi connectivity index (χ0v) is 13.3. The first-order chi connectivity index (χ1) is 11.7. The van der Waals surface area contributed by atoms with E-state index in [1.165, 1.54) is 0 Å². The molecule has 24 heavy (non-hydrogen) atoms. The van der Waals surface area contributed by atoms with Gasteiger partial charge in [-0.15, -0.1) is 0 Å². The molecule has 1 unspecified atom stereocenters. The third-order valence-electron chi connectivity index (χ3n) is 3.90. The molecule has 6 heteroatoms. The van der Waals surface area contributed by atoms with Gasteiger partial charge in [-0.1, -0.05) is 6.07 Å². The van der Waals surface area contributed by atoms with E-state index < -0.39 is 0 Å². The van der Waals surface area contributed by atoms with E-state index >= 15 is 0 Å². The fourth-order valence-corrected chi connectivity index (χ4v) is 2.71. The zero-order chi connectivity index (χ0) is 16.8. The summed E-state index contributed by atoms with van der Waals surface area (Å²) >= 11 is 0. The van der Waals surface area contributed by atoms with Crippen molar-refractivity contribution in [3.63, 3.8) is 0 Å². The lowest BCUT2D eigenvalue weighted by molar-refractivity contribution is 0.0803. The van der Waals surface area contributed by atoms with Gasteiger partial charge in [-0.2, -0.15) is 5.26 Å². The van der Waals surface area contributed by atoms with Crippen LogP contribution in [-0.4, -0.2) is 30.2 Å². The minimum Gasteiger partial charge on any atom is -0.467 e. The van der Waals surface area contributed by atoms with E-state index in [0.717, 1.165) is 19.4 Å². The first-order valence-corrected chi connectivity index (χ1v) is 7.94. The van der Waals surface area contributed by atoms with Crippen LogP contribution in [0.4, 0.5) is 10.5 Å². The molecule has 0 aliphatic carbocycles. The summed E-state index contributed by atoms with van der Waals surface area (Å²) in [7, 11) is 0. The van der Waals surface area contributed by atoms with Crippen molar-refractivity contribution in [2.75, 3.05) is 18.5 Å². The molecule has 2 aromatic rings. The summed E-state index contributed by atoms with van der Waals surface area (Å²) in [6, 6.07) is 12.3. The Morgan fingerprint density at radius 1 is 1.38 bits per heavy atom. The summed E-state index contributed by atoms with van der Waals surface area (Å²) in [5, 5.41) is 11.8. The molecule has 1 aromatic heterocycles. The second kappa shape index (κ2) is 7.66. The number of nitriles is 1. The molecule has 6 nitrogen and oxygen atoms in total. The highest BCUT2D eigenvalue weighted by Crippen LogP contribution is 2.17. The van der Waals surface area contributed by atoms with E-state index in [1.54, 1.807) is 41.5 Å². The molecule has 2 amide bonds. The molecule has 1 aromatic carbocycles. The van der Waals surface area contributed by atoms with Gasteiger partial charge in [0.05, 0.1) is 30.5 Å². The van der Waals surface area contributed by atoms with Crippen LogP contribution in [0, 0.1) is 11.3 Å². The molecule has 0 radical (unpaired) electrons. The van der Waals surface area contributed by atoms with Crippen molar-refractivity contribution in [2.24, 2.45) is 0 Å². The number of hydrogen-bond donors (Lipinski definition) is 1. The van der Waals surface area contributed by atoms with E-state index in [-0.39, 0.29) is 12.1 Å². The molecule has 1 N–H and O–H groups in total. The summed E-state index contributed by atoms with van der Waals surface area (Å²) < 4.78 is 11.0. The van der Waals surface area contributed by atoms with Gasteiger partial charge in [-0.05, 0) is 43.2 Å². The van der Waals surface area contributed by atoms with Crippen LogP contribution < -0.4 is 5.32 Å². The van der Waals surface area contributed by atoms with E-state index in [0.29, 0.717) is 30.1 Å².